The van der Waals surface area contributed by atoms with Crippen LogP contribution in [0.4, 0.5) is 0 Å². The number of nitrogens with zero attached hydrogens (tertiary/aromatic N) is 2. The average molecular weight is 409 g/mol. The van der Waals surface area contributed by atoms with Crippen LogP contribution in [-0.2, 0) is 23.0 Å². The lowest BCUT2D eigenvalue weighted by atomic mass is 10.0. The molecule has 1 aliphatic rings. The van der Waals surface area contributed by atoms with Gasteiger partial charge in [0.15, 0.2) is 5.76 Å². The fraction of sp³-hybridized carbons (Fsp3) is 0.167. The third-order valence-electron chi connectivity index (χ3n) is 4.36. The third kappa shape index (κ3) is 3.14. The molecule has 8 heteroatoms. The van der Waals surface area contributed by atoms with Crippen LogP contribution < -0.4 is 0 Å². The van der Waals surface area contributed by atoms with Gasteiger partial charge in [0.2, 0.25) is 10.0 Å². The number of fused-ring (bicyclic) bond motifs is 1. The Balaban J connectivity index is 1.63. The lowest BCUT2D eigenvalue weighted by Crippen LogP contribution is -2.35. The van der Waals surface area contributed by atoms with Crippen molar-refractivity contribution in [3.63, 3.8) is 0 Å². The van der Waals surface area contributed by atoms with Crippen LogP contribution in [0.1, 0.15) is 11.3 Å². The molecule has 2 heterocycles. The van der Waals surface area contributed by atoms with Crippen molar-refractivity contribution < 1.29 is 12.9 Å². The molecule has 3 aromatic rings. The summed E-state index contributed by atoms with van der Waals surface area (Å²) in [5.74, 6) is 0.667. The number of benzene rings is 2. The van der Waals surface area contributed by atoms with Crippen LogP contribution in [0.15, 0.2) is 57.9 Å². The van der Waals surface area contributed by atoms with E-state index in [-0.39, 0.29) is 11.4 Å². The molecular formula is C18H14Cl2N2O3S. The van der Waals surface area contributed by atoms with E-state index in [0.717, 1.165) is 11.1 Å². The molecule has 0 saturated heterocycles. The highest BCUT2D eigenvalue weighted by molar-refractivity contribution is 7.89. The number of aromatic nitrogens is 1. The van der Waals surface area contributed by atoms with Gasteiger partial charge in [0, 0.05) is 27.7 Å². The first-order chi connectivity index (χ1) is 12.4. The largest absolute Gasteiger partial charge is 0.356 e. The number of hydrogen-bond donors (Lipinski definition) is 0. The van der Waals surface area contributed by atoms with Gasteiger partial charge in [-0.2, -0.15) is 4.31 Å². The summed E-state index contributed by atoms with van der Waals surface area (Å²) in [5, 5.41) is 5.23. The molecule has 26 heavy (non-hydrogen) atoms. The second-order valence-electron chi connectivity index (χ2n) is 5.99. The minimum Gasteiger partial charge on any atom is -0.356 e. The van der Waals surface area contributed by atoms with Crippen molar-refractivity contribution >= 4 is 33.2 Å². The van der Waals surface area contributed by atoms with Crippen LogP contribution in [0.3, 0.4) is 0 Å². The molecule has 1 aliphatic heterocycles. The molecule has 1 aromatic heterocycles. The molecule has 0 bridgehead atoms. The van der Waals surface area contributed by atoms with Gasteiger partial charge in [-0.25, -0.2) is 8.42 Å². The molecule has 0 saturated carbocycles. The van der Waals surface area contributed by atoms with E-state index < -0.39 is 10.0 Å². The van der Waals surface area contributed by atoms with Crippen molar-refractivity contribution in [1.29, 1.82) is 0 Å². The van der Waals surface area contributed by atoms with Crippen LogP contribution in [0.5, 0.6) is 0 Å². The highest BCUT2D eigenvalue weighted by atomic mass is 35.5. The Morgan fingerprint density at radius 1 is 0.962 bits per heavy atom. The van der Waals surface area contributed by atoms with Gasteiger partial charge in [0.1, 0.15) is 5.69 Å². The van der Waals surface area contributed by atoms with Crippen LogP contribution >= 0.6 is 23.2 Å². The van der Waals surface area contributed by atoms with Crippen molar-refractivity contribution in [2.45, 2.75) is 17.9 Å². The van der Waals surface area contributed by atoms with Crippen molar-refractivity contribution in [2.24, 2.45) is 0 Å². The summed E-state index contributed by atoms with van der Waals surface area (Å²) in [6, 6.07) is 13.4. The molecule has 0 unspecified atom stereocenters. The van der Waals surface area contributed by atoms with E-state index in [1.54, 1.807) is 24.3 Å². The summed E-state index contributed by atoms with van der Waals surface area (Å²) in [6.07, 6.45) is 0.531. The lowest BCUT2D eigenvalue weighted by Gasteiger charge is -2.25. The van der Waals surface area contributed by atoms with Gasteiger partial charge >= 0.3 is 0 Å². The van der Waals surface area contributed by atoms with Gasteiger partial charge in [-0.1, -0.05) is 28.4 Å². The van der Waals surface area contributed by atoms with E-state index in [0.29, 0.717) is 34.5 Å². The van der Waals surface area contributed by atoms with Gasteiger partial charge in [-0.15, -0.1) is 0 Å². The SMILES string of the molecule is O=S(=O)(c1ccc(Cl)cc1)N1CCc2c(noc2-c2ccc(Cl)cc2)C1. The maximum Gasteiger partial charge on any atom is 0.243 e. The van der Waals surface area contributed by atoms with E-state index in [1.165, 1.54) is 16.4 Å². The molecule has 0 N–H and O–H groups in total. The maximum atomic E-state index is 12.8. The van der Waals surface area contributed by atoms with Gasteiger partial charge in [-0.3, -0.25) is 0 Å². The van der Waals surface area contributed by atoms with E-state index in [1.807, 2.05) is 12.1 Å². The van der Waals surface area contributed by atoms with E-state index in [2.05, 4.69) is 5.16 Å². The normalized spacial score (nSPS) is 15.0. The number of hydrogen-bond acceptors (Lipinski definition) is 4. The van der Waals surface area contributed by atoms with Crippen LogP contribution in [-0.4, -0.2) is 24.4 Å². The molecule has 0 aliphatic carbocycles. The van der Waals surface area contributed by atoms with Gasteiger partial charge in [0.05, 0.1) is 11.4 Å². The zero-order valence-electron chi connectivity index (χ0n) is 13.5. The molecule has 0 radical (unpaired) electrons. The van der Waals surface area contributed by atoms with Crippen molar-refractivity contribution in [1.82, 2.24) is 9.46 Å². The number of sulfonamides is 1. The Labute approximate surface area is 161 Å². The maximum absolute atomic E-state index is 12.8. The first-order valence-electron chi connectivity index (χ1n) is 7.94. The van der Waals surface area contributed by atoms with Crippen molar-refractivity contribution in [2.75, 3.05) is 6.54 Å². The summed E-state index contributed by atoms with van der Waals surface area (Å²) in [7, 11) is -3.61. The third-order valence-corrected chi connectivity index (χ3v) is 6.73. The van der Waals surface area contributed by atoms with Gasteiger partial charge < -0.3 is 4.52 Å². The Morgan fingerprint density at radius 2 is 1.58 bits per heavy atom. The molecule has 134 valence electrons. The van der Waals surface area contributed by atoms with E-state index in [4.69, 9.17) is 27.7 Å². The van der Waals surface area contributed by atoms with Crippen LogP contribution in [0.25, 0.3) is 11.3 Å². The predicted molar refractivity (Wildman–Crippen MR) is 99.7 cm³/mol. The molecule has 5 nitrogen and oxygen atoms in total. The standard InChI is InChI=1S/C18H14Cl2N2O3S/c19-13-3-1-12(2-4-13)18-16-9-10-22(11-17(16)21-25-18)26(23,24)15-7-5-14(20)6-8-15/h1-8H,9-11H2. The zero-order valence-corrected chi connectivity index (χ0v) is 15.9. The predicted octanol–water partition coefficient (Wildman–Crippen LogP) is 4.40. The van der Waals surface area contributed by atoms with Crippen LogP contribution in [0.2, 0.25) is 10.0 Å². The Morgan fingerprint density at radius 3 is 2.23 bits per heavy atom. The van der Waals surface area contributed by atoms with Gasteiger partial charge in [0.25, 0.3) is 0 Å². The second kappa shape index (κ2) is 6.70. The van der Waals surface area contributed by atoms with Crippen molar-refractivity contribution in [3.8, 4) is 11.3 Å². The number of rotatable bonds is 3. The van der Waals surface area contributed by atoms with Gasteiger partial charge in [-0.05, 0) is 55.0 Å². The molecule has 0 spiro atoms. The molecule has 0 amide bonds. The Bertz CT molecular complexity index is 1050. The Hall–Kier alpha value is -1.86. The molecule has 0 fully saturated rings. The number of halogens is 2. The smallest absolute Gasteiger partial charge is 0.243 e. The quantitative estimate of drug-likeness (QED) is 0.644. The average Bonchev–Trinajstić information content (AvgIpc) is 3.06. The topological polar surface area (TPSA) is 63.4 Å². The fourth-order valence-electron chi connectivity index (χ4n) is 3.00. The molecule has 2 aromatic carbocycles. The lowest BCUT2D eigenvalue weighted by molar-refractivity contribution is 0.371. The minimum absolute atomic E-state index is 0.178. The Kier molecular flexibility index (Phi) is 4.52. The summed E-state index contributed by atoms with van der Waals surface area (Å²) in [4.78, 5) is 0.215. The van der Waals surface area contributed by atoms with Crippen LogP contribution in [0, 0.1) is 0 Å². The molecular weight excluding hydrogens is 395 g/mol. The summed E-state index contributed by atoms with van der Waals surface area (Å²) < 4.78 is 32.6. The van der Waals surface area contributed by atoms with E-state index >= 15 is 0 Å². The first kappa shape index (κ1) is 17.5. The van der Waals surface area contributed by atoms with E-state index in [9.17, 15) is 8.42 Å². The zero-order chi connectivity index (χ0) is 18.3. The first-order valence-corrected chi connectivity index (χ1v) is 10.1. The summed E-state index contributed by atoms with van der Waals surface area (Å²) in [6.45, 7) is 0.539. The summed E-state index contributed by atoms with van der Waals surface area (Å²) in [5.41, 5.74) is 2.45. The fourth-order valence-corrected chi connectivity index (χ4v) is 4.65. The summed E-state index contributed by atoms with van der Waals surface area (Å²) >= 11 is 11.8. The molecule has 0 atom stereocenters. The minimum atomic E-state index is -3.61. The second-order valence-corrected chi connectivity index (χ2v) is 8.80. The highest BCUT2D eigenvalue weighted by Gasteiger charge is 2.32. The highest BCUT2D eigenvalue weighted by Crippen LogP contribution is 2.32. The molecule has 4 rings (SSSR count). The van der Waals surface area contributed by atoms with Crippen molar-refractivity contribution in [3.05, 3.63) is 69.8 Å². The monoisotopic (exact) mass is 408 g/mol.